The third-order valence-corrected chi connectivity index (χ3v) is 3.47. The highest BCUT2D eigenvalue weighted by Crippen LogP contribution is 2.48. The van der Waals surface area contributed by atoms with Crippen molar-refractivity contribution >= 4 is 5.91 Å². The molecule has 3 nitrogen and oxygen atoms in total. The summed E-state index contributed by atoms with van der Waals surface area (Å²) in [6.07, 6.45) is 2.88. The number of carbonyl (C=O) groups is 1. The molecule has 0 unspecified atom stereocenters. The summed E-state index contributed by atoms with van der Waals surface area (Å²) in [7, 11) is 0. The van der Waals surface area contributed by atoms with Gasteiger partial charge in [-0.15, -0.1) is 0 Å². The molecule has 0 spiro atoms. The lowest BCUT2D eigenvalue weighted by Crippen LogP contribution is -2.39. The van der Waals surface area contributed by atoms with E-state index in [1.807, 2.05) is 0 Å². The average molecular weight is 232 g/mol. The molecule has 1 aromatic carbocycles. The summed E-state index contributed by atoms with van der Waals surface area (Å²) in [5.74, 6) is 5.83. The van der Waals surface area contributed by atoms with E-state index in [0.717, 1.165) is 24.8 Å². The molecule has 1 fully saturated rings. The summed E-state index contributed by atoms with van der Waals surface area (Å²) >= 11 is 0. The van der Waals surface area contributed by atoms with Crippen LogP contribution >= 0.6 is 0 Å². The Bertz CT molecular complexity index is 405. The van der Waals surface area contributed by atoms with E-state index in [-0.39, 0.29) is 11.3 Å². The first kappa shape index (κ1) is 12.1. The highest BCUT2D eigenvalue weighted by molar-refractivity contribution is 5.90. The SMILES string of the molecule is CC(C)Cc1ccc(C2(C(=O)NN)CC2)cc1. The molecule has 0 radical (unpaired) electrons. The second-order valence-electron chi connectivity index (χ2n) is 5.35. The quantitative estimate of drug-likeness (QED) is 0.473. The summed E-state index contributed by atoms with van der Waals surface area (Å²) in [5.41, 5.74) is 4.35. The Morgan fingerprint density at radius 2 is 1.94 bits per heavy atom. The van der Waals surface area contributed by atoms with E-state index < -0.39 is 0 Å². The molecule has 0 heterocycles. The van der Waals surface area contributed by atoms with Crippen LogP contribution < -0.4 is 11.3 Å². The molecule has 3 heteroatoms. The van der Waals surface area contributed by atoms with Gasteiger partial charge in [-0.2, -0.15) is 0 Å². The lowest BCUT2D eigenvalue weighted by Gasteiger charge is -2.14. The Morgan fingerprint density at radius 1 is 1.35 bits per heavy atom. The third-order valence-electron chi connectivity index (χ3n) is 3.47. The molecule has 0 aliphatic heterocycles. The standard InChI is InChI=1S/C14H20N2O/c1-10(2)9-11-3-5-12(6-4-11)14(7-8-14)13(17)16-15/h3-6,10H,7-9,15H2,1-2H3,(H,16,17). The molecule has 2 rings (SSSR count). The summed E-state index contributed by atoms with van der Waals surface area (Å²) in [5, 5.41) is 0. The average Bonchev–Trinajstić information content (AvgIpc) is 3.09. The maximum Gasteiger partial charge on any atom is 0.244 e. The summed E-state index contributed by atoms with van der Waals surface area (Å²) in [6, 6.07) is 8.39. The van der Waals surface area contributed by atoms with Gasteiger partial charge in [-0.05, 0) is 36.3 Å². The van der Waals surface area contributed by atoms with Gasteiger partial charge < -0.3 is 0 Å². The monoisotopic (exact) mass is 232 g/mol. The molecule has 0 bridgehead atoms. The zero-order chi connectivity index (χ0) is 12.5. The molecule has 1 aliphatic rings. The van der Waals surface area contributed by atoms with Gasteiger partial charge in [-0.25, -0.2) is 5.84 Å². The van der Waals surface area contributed by atoms with Crippen LogP contribution in [0.3, 0.4) is 0 Å². The molecule has 1 amide bonds. The maximum absolute atomic E-state index is 11.7. The van der Waals surface area contributed by atoms with Gasteiger partial charge in [0.25, 0.3) is 0 Å². The summed E-state index contributed by atoms with van der Waals surface area (Å²) in [6.45, 7) is 4.41. The van der Waals surface area contributed by atoms with Gasteiger partial charge in [-0.3, -0.25) is 10.2 Å². The minimum atomic E-state index is -0.342. The lowest BCUT2D eigenvalue weighted by molar-refractivity contribution is -0.123. The Kier molecular flexibility index (Phi) is 3.20. The molecule has 17 heavy (non-hydrogen) atoms. The Balaban J connectivity index is 2.16. The van der Waals surface area contributed by atoms with Gasteiger partial charge in [0.1, 0.15) is 0 Å². The predicted molar refractivity (Wildman–Crippen MR) is 68.2 cm³/mol. The number of hydrazine groups is 1. The maximum atomic E-state index is 11.7. The van der Waals surface area contributed by atoms with Crippen molar-refractivity contribution in [2.75, 3.05) is 0 Å². The number of carbonyl (C=O) groups excluding carboxylic acids is 1. The molecule has 0 saturated heterocycles. The van der Waals surface area contributed by atoms with Crippen LogP contribution in [-0.4, -0.2) is 5.91 Å². The van der Waals surface area contributed by atoms with Gasteiger partial charge in [0.05, 0.1) is 5.41 Å². The van der Waals surface area contributed by atoms with Crippen LogP contribution in [0.1, 0.15) is 37.8 Å². The van der Waals surface area contributed by atoms with Crippen LogP contribution in [0.15, 0.2) is 24.3 Å². The molecule has 1 saturated carbocycles. The number of rotatable bonds is 4. The van der Waals surface area contributed by atoms with E-state index in [4.69, 9.17) is 5.84 Å². The fourth-order valence-electron chi connectivity index (χ4n) is 2.34. The van der Waals surface area contributed by atoms with Crippen molar-refractivity contribution in [1.82, 2.24) is 5.43 Å². The minimum absolute atomic E-state index is 0.0610. The molecule has 0 atom stereocenters. The van der Waals surface area contributed by atoms with Crippen molar-refractivity contribution in [3.63, 3.8) is 0 Å². The van der Waals surface area contributed by atoms with Gasteiger partial charge >= 0.3 is 0 Å². The van der Waals surface area contributed by atoms with E-state index in [0.29, 0.717) is 5.92 Å². The van der Waals surface area contributed by atoms with Crippen LogP contribution in [0, 0.1) is 5.92 Å². The first-order valence-corrected chi connectivity index (χ1v) is 6.19. The number of nitrogens with one attached hydrogen (secondary N) is 1. The van der Waals surface area contributed by atoms with Gasteiger partial charge in [0.2, 0.25) is 5.91 Å². The number of hydrogen-bond acceptors (Lipinski definition) is 2. The number of benzene rings is 1. The first-order valence-electron chi connectivity index (χ1n) is 6.19. The summed E-state index contributed by atoms with van der Waals surface area (Å²) in [4.78, 5) is 11.7. The zero-order valence-electron chi connectivity index (χ0n) is 10.5. The molecular formula is C14H20N2O. The van der Waals surface area contributed by atoms with Crippen LogP contribution in [0.2, 0.25) is 0 Å². The second-order valence-corrected chi connectivity index (χ2v) is 5.35. The topological polar surface area (TPSA) is 55.1 Å². The Hall–Kier alpha value is -1.35. The lowest BCUT2D eigenvalue weighted by atomic mass is 9.93. The van der Waals surface area contributed by atoms with E-state index in [1.54, 1.807) is 0 Å². The highest BCUT2D eigenvalue weighted by atomic mass is 16.2. The van der Waals surface area contributed by atoms with Gasteiger partial charge in [0, 0.05) is 0 Å². The van der Waals surface area contributed by atoms with E-state index >= 15 is 0 Å². The van der Waals surface area contributed by atoms with Crippen molar-refractivity contribution in [3.05, 3.63) is 35.4 Å². The minimum Gasteiger partial charge on any atom is -0.293 e. The number of nitrogens with two attached hydrogens (primary N) is 1. The van der Waals surface area contributed by atoms with Crippen LogP contribution in [0.25, 0.3) is 0 Å². The number of amides is 1. The zero-order valence-corrected chi connectivity index (χ0v) is 10.5. The molecular weight excluding hydrogens is 212 g/mol. The number of hydrogen-bond donors (Lipinski definition) is 2. The molecule has 3 N–H and O–H groups in total. The third kappa shape index (κ3) is 2.34. The van der Waals surface area contributed by atoms with Gasteiger partial charge in [-0.1, -0.05) is 38.1 Å². The molecule has 1 aliphatic carbocycles. The van der Waals surface area contributed by atoms with Gasteiger partial charge in [0.15, 0.2) is 0 Å². The van der Waals surface area contributed by atoms with E-state index in [2.05, 4.69) is 43.5 Å². The van der Waals surface area contributed by atoms with Crippen LogP contribution in [0.4, 0.5) is 0 Å². The second kappa shape index (κ2) is 4.49. The normalized spacial score (nSPS) is 16.9. The van der Waals surface area contributed by atoms with Crippen molar-refractivity contribution in [3.8, 4) is 0 Å². The highest BCUT2D eigenvalue weighted by Gasteiger charge is 2.50. The summed E-state index contributed by atoms with van der Waals surface area (Å²) < 4.78 is 0. The predicted octanol–water partition coefficient (Wildman–Crippen LogP) is 1.91. The Morgan fingerprint density at radius 3 is 2.35 bits per heavy atom. The van der Waals surface area contributed by atoms with Crippen LogP contribution in [-0.2, 0) is 16.6 Å². The van der Waals surface area contributed by atoms with Crippen molar-refractivity contribution < 1.29 is 4.79 Å². The van der Waals surface area contributed by atoms with Crippen molar-refractivity contribution in [2.24, 2.45) is 11.8 Å². The van der Waals surface area contributed by atoms with Crippen molar-refractivity contribution in [1.29, 1.82) is 0 Å². The molecule has 0 aromatic heterocycles. The van der Waals surface area contributed by atoms with Crippen molar-refractivity contribution in [2.45, 2.75) is 38.5 Å². The Labute approximate surface area is 102 Å². The fraction of sp³-hybridized carbons (Fsp3) is 0.500. The largest absolute Gasteiger partial charge is 0.293 e. The smallest absolute Gasteiger partial charge is 0.244 e. The van der Waals surface area contributed by atoms with E-state index in [1.165, 1.54) is 5.56 Å². The fourth-order valence-corrected chi connectivity index (χ4v) is 2.34. The molecule has 1 aromatic rings. The van der Waals surface area contributed by atoms with E-state index in [9.17, 15) is 4.79 Å². The molecule has 92 valence electrons. The first-order chi connectivity index (χ1) is 8.08. The van der Waals surface area contributed by atoms with Crippen LogP contribution in [0.5, 0.6) is 0 Å².